The molecule has 0 radical (unpaired) electrons. The molecule has 1 aromatic carbocycles. The van der Waals surface area contributed by atoms with Gasteiger partial charge in [0.15, 0.2) is 0 Å². The van der Waals surface area contributed by atoms with Crippen molar-refractivity contribution in [2.45, 2.75) is 38.0 Å². The second-order valence-corrected chi connectivity index (χ2v) is 5.19. The number of carbonyl (C=O) groups is 1. The molecule has 3 nitrogen and oxygen atoms in total. The third kappa shape index (κ3) is 2.60. The zero-order chi connectivity index (χ0) is 13.1. The molecule has 0 amide bonds. The largest absolute Gasteiger partial charge is 0.300 e. The molecule has 1 fully saturated rings. The van der Waals surface area contributed by atoms with Crippen molar-refractivity contribution in [1.29, 1.82) is 0 Å². The highest BCUT2D eigenvalue weighted by molar-refractivity contribution is 5.79. The van der Waals surface area contributed by atoms with Gasteiger partial charge in [-0.05, 0) is 31.0 Å². The van der Waals surface area contributed by atoms with E-state index in [1.54, 1.807) is 0 Å². The molecule has 0 saturated heterocycles. The molecule has 0 bridgehead atoms. The summed E-state index contributed by atoms with van der Waals surface area (Å²) in [5, 5.41) is 4.42. The van der Waals surface area contributed by atoms with E-state index in [0.29, 0.717) is 18.1 Å². The van der Waals surface area contributed by atoms with Crippen molar-refractivity contribution in [1.82, 2.24) is 9.78 Å². The third-order valence-electron chi connectivity index (χ3n) is 3.82. The summed E-state index contributed by atoms with van der Waals surface area (Å²) < 4.78 is 1.98. The molecule has 0 aliphatic heterocycles. The number of ketones is 1. The number of hydrogen-bond donors (Lipinski definition) is 0. The van der Waals surface area contributed by atoms with Crippen LogP contribution in [0.2, 0.25) is 0 Å². The molecule has 1 atom stereocenters. The van der Waals surface area contributed by atoms with E-state index < -0.39 is 0 Å². The maximum Gasteiger partial charge on any atom is 0.133 e. The Balaban J connectivity index is 1.93. The Bertz CT molecular complexity index is 559. The van der Waals surface area contributed by atoms with E-state index in [9.17, 15) is 4.79 Å². The Morgan fingerprint density at radius 1 is 1.11 bits per heavy atom. The maximum atomic E-state index is 11.8. The monoisotopic (exact) mass is 254 g/mol. The quantitative estimate of drug-likeness (QED) is 0.769. The SMILES string of the molecule is O=C1CCCCC(c2ccnn2-c2ccccc2)C1. The fourth-order valence-corrected chi connectivity index (χ4v) is 2.85. The molecule has 1 heterocycles. The average Bonchev–Trinajstić information content (AvgIpc) is 2.83. The molecule has 1 aromatic heterocycles. The van der Waals surface area contributed by atoms with E-state index in [1.807, 2.05) is 29.1 Å². The summed E-state index contributed by atoms with van der Waals surface area (Å²) in [5.41, 5.74) is 2.24. The van der Waals surface area contributed by atoms with Gasteiger partial charge in [-0.25, -0.2) is 4.68 Å². The normalized spacial score (nSPS) is 20.2. The molecule has 1 saturated carbocycles. The van der Waals surface area contributed by atoms with Crippen molar-refractivity contribution in [3.05, 3.63) is 48.3 Å². The molecule has 3 rings (SSSR count). The van der Waals surface area contributed by atoms with Gasteiger partial charge in [-0.1, -0.05) is 24.6 Å². The first kappa shape index (κ1) is 12.2. The number of rotatable bonds is 2. The van der Waals surface area contributed by atoms with E-state index >= 15 is 0 Å². The minimum Gasteiger partial charge on any atom is -0.300 e. The number of aromatic nitrogens is 2. The van der Waals surface area contributed by atoms with Crippen molar-refractivity contribution in [3.8, 4) is 5.69 Å². The number of hydrogen-bond acceptors (Lipinski definition) is 2. The highest BCUT2D eigenvalue weighted by Crippen LogP contribution is 2.31. The van der Waals surface area contributed by atoms with Crippen molar-refractivity contribution in [2.24, 2.45) is 0 Å². The molecular formula is C16H18N2O. The first-order valence-electron chi connectivity index (χ1n) is 6.95. The van der Waals surface area contributed by atoms with Crippen LogP contribution in [-0.4, -0.2) is 15.6 Å². The van der Waals surface area contributed by atoms with Crippen molar-refractivity contribution < 1.29 is 4.79 Å². The number of Topliss-reactive ketones (excluding diaryl/α,β-unsaturated/α-hetero) is 1. The molecule has 1 aliphatic carbocycles. The van der Waals surface area contributed by atoms with Crippen LogP contribution in [-0.2, 0) is 4.79 Å². The first-order chi connectivity index (χ1) is 9.34. The molecule has 0 spiro atoms. The van der Waals surface area contributed by atoms with Crippen molar-refractivity contribution in [2.75, 3.05) is 0 Å². The smallest absolute Gasteiger partial charge is 0.133 e. The lowest BCUT2D eigenvalue weighted by Crippen LogP contribution is -2.10. The van der Waals surface area contributed by atoms with E-state index in [0.717, 1.165) is 31.4 Å². The summed E-state index contributed by atoms with van der Waals surface area (Å²) in [6, 6.07) is 12.2. The van der Waals surface area contributed by atoms with Crippen molar-refractivity contribution >= 4 is 5.78 Å². The van der Waals surface area contributed by atoms with Gasteiger partial charge in [0.1, 0.15) is 5.78 Å². The standard InChI is InChI=1S/C16H18N2O/c19-15-9-5-4-6-13(12-15)16-10-11-17-18(16)14-7-2-1-3-8-14/h1-3,7-8,10-11,13H,4-6,9,12H2. The molecule has 1 aliphatic rings. The van der Waals surface area contributed by atoms with E-state index in [-0.39, 0.29) is 0 Å². The highest BCUT2D eigenvalue weighted by Gasteiger charge is 2.22. The topological polar surface area (TPSA) is 34.9 Å². The summed E-state index contributed by atoms with van der Waals surface area (Å²) in [7, 11) is 0. The van der Waals surface area contributed by atoms with Gasteiger partial charge >= 0.3 is 0 Å². The Morgan fingerprint density at radius 3 is 2.79 bits per heavy atom. The Hall–Kier alpha value is -1.90. The second kappa shape index (κ2) is 5.39. The van der Waals surface area contributed by atoms with E-state index in [4.69, 9.17) is 0 Å². The summed E-state index contributed by atoms with van der Waals surface area (Å²) in [6.45, 7) is 0. The van der Waals surface area contributed by atoms with Gasteiger partial charge in [-0.15, -0.1) is 0 Å². The first-order valence-corrected chi connectivity index (χ1v) is 6.95. The summed E-state index contributed by atoms with van der Waals surface area (Å²) in [6.07, 6.45) is 6.50. The van der Waals surface area contributed by atoms with Gasteiger partial charge in [-0.3, -0.25) is 4.79 Å². The fraction of sp³-hybridized carbons (Fsp3) is 0.375. The zero-order valence-corrected chi connectivity index (χ0v) is 11.0. The Kier molecular flexibility index (Phi) is 3.45. The number of benzene rings is 1. The van der Waals surface area contributed by atoms with Gasteiger partial charge in [0.25, 0.3) is 0 Å². The lowest BCUT2D eigenvalue weighted by molar-refractivity contribution is -0.119. The summed E-state index contributed by atoms with van der Waals surface area (Å²) in [4.78, 5) is 11.8. The Morgan fingerprint density at radius 2 is 1.95 bits per heavy atom. The molecule has 19 heavy (non-hydrogen) atoms. The fourth-order valence-electron chi connectivity index (χ4n) is 2.85. The lowest BCUT2D eigenvalue weighted by atomic mass is 9.96. The van der Waals surface area contributed by atoms with Gasteiger partial charge in [-0.2, -0.15) is 5.10 Å². The van der Waals surface area contributed by atoms with Crippen LogP contribution in [0.25, 0.3) is 5.69 Å². The maximum absolute atomic E-state index is 11.8. The molecule has 3 heteroatoms. The number of nitrogens with zero attached hydrogens (tertiary/aromatic N) is 2. The van der Waals surface area contributed by atoms with Crippen LogP contribution < -0.4 is 0 Å². The predicted molar refractivity (Wildman–Crippen MR) is 74.4 cm³/mol. The number of para-hydroxylation sites is 1. The van der Waals surface area contributed by atoms with Crippen LogP contribution in [0.4, 0.5) is 0 Å². The van der Waals surface area contributed by atoms with Crippen LogP contribution in [0.15, 0.2) is 42.6 Å². The van der Waals surface area contributed by atoms with Crippen LogP contribution in [0.1, 0.15) is 43.7 Å². The average molecular weight is 254 g/mol. The number of carbonyl (C=O) groups excluding carboxylic acids is 1. The third-order valence-corrected chi connectivity index (χ3v) is 3.82. The minimum absolute atomic E-state index is 0.317. The molecule has 0 N–H and O–H groups in total. The van der Waals surface area contributed by atoms with Crippen molar-refractivity contribution in [3.63, 3.8) is 0 Å². The lowest BCUT2D eigenvalue weighted by Gasteiger charge is -2.15. The molecule has 98 valence electrons. The van der Waals surface area contributed by atoms with Crippen LogP contribution in [0.5, 0.6) is 0 Å². The van der Waals surface area contributed by atoms with Crippen LogP contribution in [0.3, 0.4) is 0 Å². The van der Waals surface area contributed by atoms with Gasteiger partial charge in [0, 0.05) is 30.7 Å². The van der Waals surface area contributed by atoms with Gasteiger partial charge in [0.05, 0.1) is 5.69 Å². The van der Waals surface area contributed by atoms with Gasteiger partial charge in [0.2, 0.25) is 0 Å². The van der Waals surface area contributed by atoms with E-state index in [2.05, 4.69) is 23.3 Å². The zero-order valence-electron chi connectivity index (χ0n) is 11.0. The van der Waals surface area contributed by atoms with Crippen LogP contribution >= 0.6 is 0 Å². The molecule has 2 aromatic rings. The van der Waals surface area contributed by atoms with Gasteiger partial charge < -0.3 is 0 Å². The van der Waals surface area contributed by atoms with Crippen LogP contribution in [0, 0.1) is 0 Å². The molecular weight excluding hydrogens is 236 g/mol. The van der Waals surface area contributed by atoms with E-state index in [1.165, 1.54) is 5.69 Å². The summed E-state index contributed by atoms with van der Waals surface area (Å²) in [5.74, 6) is 0.709. The predicted octanol–water partition coefficient (Wildman–Crippen LogP) is 3.49. The second-order valence-electron chi connectivity index (χ2n) is 5.19. The summed E-state index contributed by atoms with van der Waals surface area (Å²) >= 11 is 0. The Labute approximate surface area is 113 Å². The molecule has 1 unspecified atom stereocenters. The minimum atomic E-state index is 0.317. The highest BCUT2D eigenvalue weighted by atomic mass is 16.1.